The lowest BCUT2D eigenvalue weighted by molar-refractivity contribution is 0.303. The first-order valence-electron chi connectivity index (χ1n) is 9.87. The van der Waals surface area contributed by atoms with Gasteiger partial charge in [-0.05, 0) is 55.5 Å². The summed E-state index contributed by atoms with van der Waals surface area (Å²) in [5.74, 6) is 2.52. The molecule has 0 radical (unpaired) electrons. The molecule has 2 saturated heterocycles. The Hall–Kier alpha value is -2.41. The highest BCUT2D eigenvalue weighted by molar-refractivity contribution is 7.91. The van der Waals surface area contributed by atoms with Crippen molar-refractivity contribution >= 4 is 27.1 Å². The first-order valence-corrected chi connectivity index (χ1v) is 11.7. The van der Waals surface area contributed by atoms with Crippen LogP contribution in [0.2, 0.25) is 0 Å². The van der Waals surface area contributed by atoms with Gasteiger partial charge in [0.2, 0.25) is 0 Å². The Bertz CT molecular complexity index is 1110. The van der Waals surface area contributed by atoms with E-state index in [9.17, 15) is 8.42 Å². The van der Waals surface area contributed by atoms with Crippen LogP contribution in [0.25, 0.3) is 0 Å². The third kappa shape index (κ3) is 2.80. The van der Waals surface area contributed by atoms with Gasteiger partial charge in [0.15, 0.2) is 9.84 Å². The number of fused-ring (bicyclic) bond motifs is 3. The molecule has 3 fully saturated rings. The van der Waals surface area contributed by atoms with Gasteiger partial charge in [-0.25, -0.2) is 18.4 Å². The summed E-state index contributed by atoms with van der Waals surface area (Å²) in [7, 11) is -2.94. The smallest absolute Gasteiger partial charge is 0.152 e. The largest absolute Gasteiger partial charge is 0.490 e. The van der Waals surface area contributed by atoms with Gasteiger partial charge in [-0.1, -0.05) is 0 Å². The monoisotopic (exact) mass is 395 g/mol. The minimum atomic E-state index is -2.94. The van der Waals surface area contributed by atoms with Crippen molar-refractivity contribution in [1.29, 1.82) is 0 Å². The fourth-order valence-corrected chi connectivity index (χ4v) is 6.62. The molecule has 1 saturated carbocycles. The predicted octanol–water partition coefficient (Wildman–Crippen LogP) is 2.73. The number of pyridine rings is 1. The summed E-state index contributed by atoms with van der Waals surface area (Å²) in [5, 5.41) is 0. The van der Waals surface area contributed by atoms with E-state index in [2.05, 4.69) is 20.9 Å². The second kappa shape index (κ2) is 5.80. The summed E-state index contributed by atoms with van der Waals surface area (Å²) >= 11 is 0. The Kier molecular flexibility index (Phi) is 3.42. The number of sulfone groups is 1. The fraction of sp³-hybridized carbons (Fsp3) is 0.429. The summed E-state index contributed by atoms with van der Waals surface area (Å²) in [5.41, 5.74) is 4.07. The van der Waals surface area contributed by atoms with Crippen molar-refractivity contribution in [2.75, 3.05) is 23.0 Å². The number of hydrogen-bond acceptors (Lipinski definition) is 6. The first kappa shape index (κ1) is 16.5. The molecule has 0 amide bonds. The molecule has 7 heteroatoms. The van der Waals surface area contributed by atoms with Gasteiger partial charge in [0.25, 0.3) is 0 Å². The average molecular weight is 395 g/mol. The average Bonchev–Trinajstić information content (AvgIpc) is 3.39. The van der Waals surface area contributed by atoms with E-state index >= 15 is 0 Å². The van der Waals surface area contributed by atoms with Crippen molar-refractivity contribution in [3.63, 3.8) is 0 Å². The maximum absolute atomic E-state index is 12.1. The van der Waals surface area contributed by atoms with E-state index < -0.39 is 9.84 Å². The van der Waals surface area contributed by atoms with E-state index in [1.807, 2.05) is 24.3 Å². The number of hydrogen-bond donors (Lipinski definition) is 0. The number of aromatic nitrogens is 1. The van der Waals surface area contributed by atoms with Gasteiger partial charge in [-0.15, -0.1) is 0 Å². The van der Waals surface area contributed by atoms with Crippen molar-refractivity contribution in [2.45, 2.75) is 31.4 Å². The second-order valence-electron chi connectivity index (χ2n) is 8.34. The lowest BCUT2D eigenvalue weighted by Gasteiger charge is -2.26. The zero-order valence-corrected chi connectivity index (χ0v) is 16.2. The van der Waals surface area contributed by atoms with Crippen LogP contribution in [0.15, 0.2) is 41.5 Å². The summed E-state index contributed by atoms with van der Waals surface area (Å²) in [6.07, 6.45) is 5.39. The molecule has 6 nitrogen and oxygen atoms in total. The van der Waals surface area contributed by atoms with Crippen LogP contribution in [0.5, 0.6) is 5.75 Å². The molecule has 28 heavy (non-hydrogen) atoms. The molecule has 0 N–H and O–H groups in total. The maximum atomic E-state index is 12.1. The Morgan fingerprint density at radius 1 is 1.11 bits per heavy atom. The van der Waals surface area contributed by atoms with Crippen LogP contribution in [0, 0.1) is 5.92 Å². The lowest BCUT2D eigenvalue weighted by Crippen LogP contribution is -2.36. The van der Waals surface area contributed by atoms with E-state index in [4.69, 9.17) is 4.74 Å². The highest BCUT2D eigenvalue weighted by Gasteiger charge is 2.42. The van der Waals surface area contributed by atoms with Gasteiger partial charge in [-0.3, -0.25) is 0 Å². The second-order valence-corrected chi connectivity index (χ2v) is 10.5. The topological polar surface area (TPSA) is 71.9 Å². The minimum Gasteiger partial charge on any atom is -0.490 e. The van der Waals surface area contributed by atoms with Crippen molar-refractivity contribution in [2.24, 2.45) is 10.9 Å². The fourth-order valence-electron chi connectivity index (χ4n) is 4.62. The molecule has 2 atom stereocenters. The molecule has 4 aliphatic rings. The van der Waals surface area contributed by atoms with E-state index in [-0.39, 0.29) is 17.7 Å². The summed E-state index contributed by atoms with van der Waals surface area (Å²) < 4.78 is 30.1. The third-order valence-corrected chi connectivity index (χ3v) is 7.90. The lowest BCUT2D eigenvalue weighted by atomic mass is 9.96. The number of anilines is 1. The summed E-state index contributed by atoms with van der Waals surface area (Å²) in [6, 6.07) is 10.1. The zero-order chi connectivity index (χ0) is 18.9. The summed E-state index contributed by atoms with van der Waals surface area (Å²) in [4.78, 5) is 11.4. The van der Waals surface area contributed by atoms with Gasteiger partial charge >= 0.3 is 0 Å². The van der Waals surface area contributed by atoms with E-state index in [0.717, 1.165) is 59.9 Å². The third-order valence-electron chi connectivity index (χ3n) is 6.03. The highest BCUT2D eigenvalue weighted by atomic mass is 32.2. The standard InChI is InChI=1S/C21H21N3O3S/c25-28(26)11-13-7-15(12-28)24(10-13)20-8-14(5-6-22-20)21-18-9-17(27-16-1-2-16)3-4-19(18)23-21/h3-6,8-9,13,15-16H,1-2,7,10-12H2. The van der Waals surface area contributed by atoms with Gasteiger partial charge < -0.3 is 9.64 Å². The van der Waals surface area contributed by atoms with Crippen LogP contribution in [-0.4, -0.2) is 49.3 Å². The molecule has 144 valence electrons. The summed E-state index contributed by atoms with van der Waals surface area (Å²) in [6.45, 7) is 0.767. The molecule has 4 heterocycles. The Morgan fingerprint density at radius 2 is 2.00 bits per heavy atom. The first-order chi connectivity index (χ1) is 13.5. The zero-order valence-electron chi connectivity index (χ0n) is 15.4. The molecule has 0 spiro atoms. The van der Waals surface area contributed by atoms with Crippen LogP contribution in [0.1, 0.15) is 30.4 Å². The molecule has 1 aromatic carbocycles. The molecule has 2 aromatic rings. The van der Waals surface area contributed by atoms with Gasteiger partial charge in [0, 0.05) is 29.9 Å². The number of rotatable bonds is 4. The normalized spacial score (nSPS) is 27.0. The molecule has 1 aliphatic carbocycles. The molecular formula is C21H21N3O3S. The predicted molar refractivity (Wildman–Crippen MR) is 108 cm³/mol. The van der Waals surface area contributed by atoms with E-state index in [0.29, 0.717) is 11.9 Å². The van der Waals surface area contributed by atoms with Crippen LogP contribution in [-0.2, 0) is 9.84 Å². The van der Waals surface area contributed by atoms with Crippen LogP contribution >= 0.6 is 0 Å². The molecule has 3 aliphatic heterocycles. The van der Waals surface area contributed by atoms with Crippen molar-refractivity contribution < 1.29 is 13.2 Å². The number of nitrogens with zero attached hydrogens (tertiary/aromatic N) is 3. The van der Waals surface area contributed by atoms with Crippen LogP contribution in [0.4, 0.5) is 11.5 Å². The SMILES string of the molecule is O=S1(=O)CC2CC(C1)N(c1cc(C3=Nc4ccc(OC5CC5)cc43)ccn1)C2. The molecule has 6 rings (SSSR count). The van der Waals surface area contributed by atoms with Crippen molar-refractivity contribution in [3.05, 3.63) is 47.7 Å². The van der Waals surface area contributed by atoms with Crippen LogP contribution < -0.4 is 9.64 Å². The van der Waals surface area contributed by atoms with E-state index in [1.165, 1.54) is 0 Å². The van der Waals surface area contributed by atoms with E-state index in [1.54, 1.807) is 6.20 Å². The number of benzene rings is 1. The van der Waals surface area contributed by atoms with Crippen molar-refractivity contribution in [3.8, 4) is 5.75 Å². The molecule has 1 aromatic heterocycles. The Labute approximate surface area is 164 Å². The molecule has 2 bridgehead atoms. The maximum Gasteiger partial charge on any atom is 0.152 e. The quantitative estimate of drug-likeness (QED) is 0.679. The Balaban J connectivity index is 1.28. The number of ether oxygens (including phenoxy) is 1. The molecule has 2 unspecified atom stereocenters. The highest BCUT2D eigenvalue weighted by Crippen LogP contribution is 2.39. The van der Waals surface area contributed by atoms with Gasteiger partial charge in [0.05, 0.1) is 29.0 Å². The number of aliphatic imine (C=N–C) groups is 1. The Morgan fingerprint density at radius 3 is 2.86 bits per heavy atom. The minimum absolute atomic E-state index is 0.0423. The van der Waals surface area contributed by atoms with Gasteiger partial charge in [0.1, 0.15) is 11.6 Å². The molecular weight excluding hydrogens is 374 g/mol. The van der Waals surface area contributed by atoms with Gasteiger partial charge in [-0.2, -0.15) is 0 Å². The van der Waals surface area contributed by atoms with Crippen LogP contribution in [0.3, 0.4) is 0 Å². The van der Waals surface area contributed by atoms with Crippen molar-refractivity contribution in [1.82, 2.24) is 4.98 Å².